The van der Waals surface area contributed by atoms with Gasteiger partial charge < -0.3 is 19.5 Å². The normalized spacial score (nSPS) is 15.1. The number of hydrogen-bond acceptors (Lipinski definition) is 3. The molecule has 1 fully saturated rings. The zero-order chi connectivity index (χ0) is 18.7. The first-order chi connectivity index (χ1) is 12.4. The highest BCUT2D eigenvalue weighted by molar-refractivity contribution is 6.42. The molecule has 6 nitrogen and oxygen atoms in total. The van der Waals surface area contributed by atoms with E-state index >= 15 is 0 Å². The first-order valence-corrected chi connectivity index (χ1v) is 9.18. The van der Waals surface area contributed by atoms with Gasteiger partial charge in [-0.3, -0.25) is 9.59 Å². The Kier molecular flexibility index (Phi) is 6.09. The molecule has 3 rings (SSSR count). The summed E-state index contributed by atoms with van der Waals surface area (Å²) in [4.78, 5) is 27.3. The second kappa shape index (κ2) is 8.31. The molecule has 26 heavy (non-hydrogen) atoms. The second-order valence-electron chi connectivity index (χ2n) is 5.99. The van der Waals surface area contributed by atoms with Crippen LogP contribution < -0.4 is 10.2 Å². The Hall–Kier alpha value is -1.73. The maximum Gasteiger partial charge on any atom is 0.289 e. The van der Waals surface area contributed by atoms with Crippen molar-refractivity contribution in [2.45, 2.75) is 0 Å². The Morgan fingerprint density at radius 3 is 2.38 bits per heavy atom. The van der Waals surface area contributed by atoms with Gasteiger partial charge in [-0.1, -0.05) is 34.8 Å². The van der Waals surface area contributed by atoms with Crippen LogP contribution in [-0.2, 0) is 4.79 Å². The van der Waals surface area contributed by atoms with Gasteiger partial charge in [-0.15, -0.1) is 0 Å². The van der Waals surface area contributed by atoms with E-state index in [-0.39, 0.29) is 18.4 Å². The Morgan fingerprint density at radius 2 is 1.81 bits per heavy atom. The molecule has 1 aliphatic heterocycles. The molecule has 2 heterocycles. The number of furan rings is 1. The summed E-state index contributed by atoms with van der Waals surface area (Å²) in [6, 6.07) is 6.38. The van der Waals surface area contributed by atoms with Crippen LogP contribution in [0.3, 0.4) is 0 Å². The van der Waals surface area contributed by atoms with E-state index in [0.717, 1.165) is 4.90 Å². The van der Waals surface area contributed by atoms with Gasteiger partial charge in [0.2, 0.25) is 0 Å². The summed E-state index contributed by atoms with van der Waals surface area (Å²) in [5.74, 6) is 0.00776. The zero-order valence-corrected chi connectivity index (χ0v) is 16.0. The second-order valence-corrected chi connectivity index (χ2v) is 7.24. The lowest BCUT2D eigenvalue weighted by molar-refractivity contribution is -0.895. The van der Waals surface area contributed by atoms with Gasteiger partial charge in [0, 0.05) is 5.02 Å². The fraction of sp³-hybridized carbons (Fsp3) is 0.294. The van der Waals surface area contributed by atoms with Crippen molar-refractivity contribution in [1.82, 2.24) is 4.90 Å². The molecule has 0 aliphatic carbocycles. The van der Waals surface area contributed by atoms with Crippen LogP contribution in [-0.4, -0.2) is 49.4 Å². The number of amides is 2. The SMILES string of the molecule is O=C(C[NH+]1CCN(C(=O)c2ccco2)CC1)Nc1c(Cl)cc(Cl)cc1Cl. The third kappa shape index (κ3) is 4.51. The van der Waals surface area contributed by atoms with Gasteiger partial charge in [0.1, 0.15) is 0 Å². The number of rotatable bonds is 4. The molecule has 0 atom stereocenters. The number of nitrogens with zero attached hydrogens (tertiary/aromatic N) is 1. The van der Waals surface area contributed by atoms with Crippen molar-refractivity contribution < 1.29 is 18.9 Å². The summed E-state index contributed by atoms with van der Waals surface area (Å²) in [7, 11) is 0. The average molecular weight is 418 g/mol. The van der Waals surface area contributed by atoms with Gasteiger partial charge in [0.15, 0.2) is 12.3 Å². The van der Waals surface area contributed by atoms with Crippen molar-refractivity contribution in [2.75, 3.05) is 38.0 Å². The number of benzene rings is 1. The molecule has 0 radical (unpaired) electrons. The molecule has 1 saturated heterocycles. The fourth-order valence-corrected chi connectivity index (χ4v) is 3.74. The highest BCUT2D eigenvalue weighted by Crippen LogP contribution is 2.33. The average Bonchev–Trinajstić information content (AvgIpc) is 3.13. The summed E-state index contributed by atoms with van der Waals surface area (Å²) in [6.07, 6.45) is 1.48. The monoisotopic (exact) mass is 416 g/mol. The first-order valence-electron chi connectivity index (χ1n) is 8.05. The van der Waals surface area contributed by atoms with Crippen LogP contribution in [0.5, 0.6) is 0 Å². The molecule has 9 heteroatoms. The van der Waals surface area contributed by atoms with Gasteiger partial charge in [0.25, 0.3) is 11.8 Å². The minimum atomic E-state index is -0.197. The van der Waals surface area contributed by atoms with E-state index < -0.39 is 0 Å². The number of piperazine rings is 1. The third-order valence-corrected chi connectivity index (χ3v) is 4.99. The van der Waals surface area contributed by atoms with Crippen molar-refractivity contribution in [3.05, 3.63) is 51.4 Å². The molecule has 1 aliphatic rings. The molecule has 0 saturated carbocycles. The van der Waals surface area contributed by atoms with Gasteiger partial charge in [-0.25, -0.2) is 0 Å². The largest absolute Gasteiger partial charge is 0.459 e. The Morgan fingerprint density at radius 1 is 1.15 bits per heavy atom. The van der Waals surface area contributed by atoms with Gasteiger partial charge in [0.05, 0.1) is 48.2 Å². The molecule has 2 amide bonds. The molecule has 0 bridgehead atoms. The summed E-state index contributed by atoms with van der Waals surface area (Å²) >= 11 is 18.0. The molecule has 1 aromatic carbocycles. The number of halogens is 3. The van der Waals surface area contributed by atoms with Crippen LogP contribution in [0, 0.1) is 0 Å². The molecule has 0 spiro atoms. The number of carbonyl (C=O) groups is 2. The topological polar surface area (TPSA) is 67.0 Å². The highest BCUT2D eigenvalue weighted by atomic mass is 35.5. The summed E-state index contributed by atoms with van der Waals surface area (Å²) in [6.45, 7) is 2.72. The number of nitrogens with one attached hydrogen (secondary N) is 2. The van der Waals surface area contributed by atoms with Crippen molar-refractivity contribution in [3.63, 3.8) is 0 Å². The van der Waals surface area contributed by atoms with Crippen molar-refractivity contribution in [2.24, 2.45) is 0 Å². The number of hydrogen-bond donors (Lipinski definition) is 2. The van der Waals surface area contributed by atoms with Gasteiger partial charge >= 0.3 is 0 Å². The highest BCUT2D eigenvalue weighted by Gasteiger charge is 2.27. The predicted molar refractivity (Wildman–Crippen MR) is 100 cm³/mol. The van der Waals surface area contributed by atoms with Crippen LogP contribution >= 0.6 is 34.8 Å². The van der Waals surface area contributed by atoms with Gasteiger partial charge in [-0.2, -0.15) is 0 Å². The lowest BCUT2D eigenvalue weighted by Crippen LogP contribution is -3.15. The molecular weight excluding hydrogens is 401 g/mol. The summed E-state index contributed by atoms with van der Waals surface area (Å²) in [5, 5.41) is 3.72. The van der Waals surface area contributed by atoms with E-state index in [1.807, 2.05) is 0 Å². The van der Waals surface area contributed by atoms with Crippen LogP contribution in [0.4, 0.5) is 5.69 Å². The molecule has 2 N–H and O–H groups in total. The molecular formula is C17H17Cl3N3O3+. The zero-order valence-electron chi connectivity index (χ0n) is 13.7. The lowest BCUT2D eigenvalue weighted by Gasteiger charge is -2.31. The molecule has 1 aromatic heterocycles. The maximum absolute atomic E-state index is 12.3. The number of quaternary nitrogens is 1. The smallest absolute Gasteiger partial charge is 0.289 e. The van der Waals surface area contributed by atoms with Crippen LogP contribution in [0.25, 0.3) is 0 Å². The van der Waals surface area contributed by atoms with E-state index in [1.54, 1.807) is 17.0 Å². The van der Waals surface area contributed by atoms with E-state index in [0.29, 0.717) is 52.7 Å². The maximum atomic E-state index is 12.3. The number of carbonyl (C=O) groups excluding carboxylic acids is 2. The van der Waals surface area contributed by atoms with Crippen molar-refractivity contribution in [1.29, 1.82) is 0 Å². The minimum absolute atomic E-state index is 0.127. The Labute approximate surface area is 165 Å². The Balaban J connectivity index is 1.52. The Bertz CT molecular complexity index is 780. The van der Waals surface area contributed by atoms with Crippen LogP contribution in [0.2, 0.25) is 15.1 Å². The summed E-state index contributed by atoms with van der Waals surface area (Å²) < 4.78 is 5.14. The van der Waals surface area contributed by atoms with Crippen LogP contribution in [0.15, 0.2) is 34.9 Å². The van der Waals surface area contributed by atoms with E-state index in [2.05, 4.69) is 5.32 Å². The lowest BCUT2D eigenvalue weighted by atomic mass is 10.2. The van der Waals surface area contributed by atoms with Gasteiger partial charge in [-0.05, 0) is 24.3 Å². The standard InChI is InChI=1S/C17H16Cl3N3O3/c18-11-8-12(19)16(13(20)9-11)21-15(24)10-22-3-5-23(6-4-22)17(25)14-2-1-7-26-14/h1-2,7-9H,3-6,10H2,(H,21,24)/p+1. The van der Waals surface area contributed by atoms with Crippen molar-refractivity contribution in [3.8, 4) is 0 Å². The van der Waals surface area contributed by atoms with E-state index in [1.165, 1.54) is 18.4 Å². The quantitative estimate of drug-likeness (QED) is 0.802. The minimum Gasteiger partial charge on any atom is -0.459 e. The summed E-state index contributed by atoms with van der Waals surface area (Å²) in [5.41, 5.74) is 0.355. The van der Waals surface area contributed by atoms with E-state index in [9.17, 15) is 9.59 Å². The molecule has 2 aromatic rings. The molecule has 0 unspecified atom stereocenters. The van der Waals surface area contributed by atoms with Crippen LogP contribution in [0.1, 0.15) is 10.6 Å². The first kappa shape index (κ1) is 19.0. The molecule has 138 valence electrons. The number of anilines is 1. The van der Waals surface area contributed by atoms with E-state index in [4.69, 9.17) is 39.2 Å². The fourth-order valence-electron chi connectivity index (χ4n) is 2.83. The van der Waals surface area contributed by atoms with Crippen molar-refractivity contribution >= 4 is 52.3 Å². The third-order valence-electron chi connectivity index (χ3n) is 4.17. The predicted octanol–water partition coefficient (Wildman–Crippen LogP) is 2.22.